The van der Waals surface area contributed by atoms with E-state index in [9.17, 15) is 10.1 Å². The SMILES string of the molecule is CCc1cc([N+](=O)[O-])cc(Cl)c1Oc1ccc2c(c1)N(C(C)C)CN2. The van der Waals surface area contributed by atoms with Crippen molar-refractivity contribution in [2.24, 2.45) is 0 Å². The fourth-order valence-electron chi connectivity index (χ4n) is 2.91. The summed E-state index contributed by atoms with van der Waals surface area (Å²) in [4.78, 5) is 12.8. The molecule has 1 N–H and O–H groups in total. The predicted octanol–water partition coefficient (Wildman–Crippen LogP) is 5.20. The molecule has 0 atom stereocenters. The second-order valence-electron chi connectivity index (χ2n) is 6.21. The Hall–Kier alpha value is -2.47. The van der Waals surface area contributed by atoms with Crippen LogP contribution in [0.25, 0.3) is 0 Å². The number of nitro groups is 1. The number of fused-ring (bicyclic) bond motifs is 1. The number of nitrogens with one attached hydrogen (secondary N) is 1. The molecule has 0 aromatic heterocycles. The van der Waals surface area contributed by atoms with Gasteiger partial charge in [0.1, 0.15) is 11.5 Å². The van der Waals surface area contributed by atoms with Crippen LogP contribution in [-0.2, 0) is 6.42 Å². The minimum atomic E-state index is -0.448. The van der Waals surface area contributed by atoms with Crippen LogP contribution >= 0.6 is 11.6 Å². The number of nitro benzene ring substituents is 1. The molecule has 0 fully saturated rings. The van der Waals surface area contributed by atoms with Crippen molar-refractivity contribution in [2.45, 2.75) is 33.2 Å². The largest absolute Gasteiger partial charge is 0.455 e. The highest BCUT2D eigenvalue weighted by molar-refractivity contribution is 6.32. The van der Waals surface area contributed by atoms with Crippen LogP contribution in [0.3, 0.4) is 0 Å². The van der Waals surface area contributed by atoms with Gasteiger partial charge in [-0.3, -0.25) is 10.1 Å². The van der Waals surface area contributed by atoms with Gasteiger partial charge in [-0.05, 0) is 32.4 Å². The van der Waals surface area contributed by atoms with E-state index in [1.165, 1.54) is 12.1 Å². The first kappa shape index (κ1) is 17.4. The van der Waals surface area contributed by atoms with Gasteiger partial charge in [0.05, 0.1) is 28.0 Å². The molecule has 0 amide bonds. The smallest absolute Gasteiger partial charge is 0.271 e. The summed E-state index contributed by atoms with van der Waals surface area (Å²) in [6, 6.07) is 9.00. The normalized spacial score (nSPS) is 12.9. The molecule has 7 heteroatoms. The molecule has 1 aliphatic rings. The van der Waals surface area contributed by atoms with E-state index in [1.807, 2.05) is 25.1 Å². The molecule has 0 unspecified atom stereocenters. The maximum absolute atomic E-state index is 11.0. The lowest BCUT2D eigenvalue weighted by Crippen LogP contribution is -2.30. The fraction of sp³-hybridized carbons (Fsp3) is 0.333. The van der Waals surface area contributed by atoms with Gasteiger partial charge in [-0.15, -0.1) is 0 Å². The highest BCUT2D eigenvalue weighted by atomic mass is 35.5. The average molecular weight is 362 g/mol. The molecule has 132 valence electrons. The van der Waals surface area contributed by atoms with E-state index in [2.05, 4.69) is 24.1 Å². The van der Waals surface area contributed by atoms with E-state index < -0.39 is 4.92 Å². The predicted molar refractivity (Wildman–Crippen MR) is 100 cm³/mol. The van der Waals surface area contributed by atoms with Crippen molar-refractivity contribution in [3.05, 3.63) is 51.0 Å². The number of ether oxygens (including phenoxy) is 1. The number of anilines is 2. The molecule has 0 saturated carbocycles. The van der Waals surface area contributed by atoms with Crippen LogP contribution in [0.2, 0.25) is 5.02 Å². The fourth-order valence-corrected chi connectivity index (χ4v) is 3.18. The minimum Gasteiger partial charge on any atom is -0.455 e. The second-order valence-corrected chi connectivity index (χ2v) is 6.61. The number of aryl methyl sites for hydroxylation is 1. The Kier molecular flexibility index (Phi) is 4.72. The van der Waals surface area contributed by atoms with Gasteiger partial charge in [0.2, 0.25) is 0 Å². The average Bonchev–Trinajstić information content (AvgIpc) is 2.99. The first-order valence-corrected chi connectivity index (χ1v) is 8.57. The molecule has 0 bridgehead atoms. The number of nitrogens with zero attached hydrogens (tertiary/aromatic N) is 2. The quantitative estimate of drug-likeness (QED) is 0.585. The lowest BCUT2D eigenvalue weighted by molar-refractivity contribution is -0.384. The minimum absolute atomic E-state index is 0.0293. The van der Waals surface area contributed by atoms with Crippen molar-refractivity contribution in [2.75, 3.05) is 16.9 Å². The first-order chi connectivity index (χ1) is 11.9. The first-order valence-electron chi connectivity index (χ1n) is 8.20. The third-order valence-electron chi connectivity index (χ3n) is 4.26. The Morgan fingerprint density at radius 2 is 2.12 bits per heavy atom. The topological polar surface area (TPSA) is 67.6 Å². The van der Waals surface area contributed by atoms with Crippen molar-refractivity contribution in [1.82, 2.24) is 0 Å². The van der Waals surface area contributed by atoms with Crippen LogP contribution in [0.5, 0.6) is 11.5 Å². The molecule has 0 spiro atoms. The number of rotatable bonds is 5. The van der Waals surface area contributed by atoms with Crippen molar-refractivity contribution < 1.29 is 9.66 Å². The lowest BCUT2D eigenvalue weighted by Gasteiger charge is -2.23. The zero-order valence-corrected chi connectivity index (χ0v) is 15.1. The summed E-state index contributed by atoms with van der Waals surface area (Å²) in [7, 11) is 0. The molecule has 6 nitrogen and oxygen atoms in total. The van der Waals surface area contributed by atoms with E-state index in [1.54, 1.807) is 0 Å². The number of halogens is 1. The molecule has 0 radical (unpaired) electrons. The maximum atomic E-state index is 11.0. The Morgan fingerprint density at radius 1 is 1.36 bits per heavy atom. The van der Waals surface area contributed by atoms with Crippen LogP contribution in [-0.4, -0.2) is 17.6 Å². The summed E-state index contributed by atoms with van der Waals surface area (Å²) in [5.41, 5.74) is 2.81. The van der Waals surface area contributed by atoms with E-state index >= 15 is 0 Å². The Bertz CT molecular complexity index is 823. The number of hydrogen-bond acceptors (Lipinski definition) is 5. The maximum Gasteiger partial charge on any atom is 0.271 e. The van der Waals surface area contributed by atoms with E-state index in [0.29, 0.717) is 29.5 Å². The molecule has 25 heavy (non-hydrogen) atoms. The van der Waals surface area contributed by atoms with Crippen molar-refractivity contribution in [3.63, 3.8) is 0 Å². The van der Waals surface area contributed by atoms with Crippen LogP contribution in [0.15, 0.2) is 30.3 Å². The summed E-state index contributed by atoms with van der Waals surface area (Å²) in [5.74, 6) is 1.12. The molecule has 3 rings (SSSR count). The standard InChI is InChI=1S/C18H20ClN3O3/c1-4-12-7-13(22(23)24)8-15(19)18(12)25-14-5-6-16-17(9-14)21(10-20-16)11(2)3/h5-9,11,20H,4,10H2,1-3H3. The van der Waals surface area contributed by atoms with Crippen molar-refractivity contribution >= 4 is 28.7 Å². The van der Waals surface area contributed by atoms with Crippen LogP contribution in [0.4, 0.5) is 17.1 Å². The van der Waals surface area contributed by atoms with Crippen LogP contribution in [0, 0.1) is 10.1 Å². The number of benzene rings is 2. The number of non-ortho nitro benzene ring substituents is 1. The zero-order valence-electron chi connectivity index (χ0n) is 14.4. The Labute approximate surface area is 151 Å². The Morgan fingerprint density at radius 3 is 2.76 bits per heavy atom. The summed E-state index contributed by atoms with van der Waals surface area (Å²) < 4.78 is 6.01. The van der Waals surface area contributed by atoms with Crippen molar-refractivity contribution in [3.8, 4) is 11.5 Å². The molecule has 2 aromatic rings. The van der Waals surface area contributed by atoms with Crippen LogP contribution < -0.4 is 15.0 Å². The van der Waals surface area contributed by atoms with Gasteiger partial charge in [-0.2, -0.15) is 0 Å². The van der Waals surface area contributed by atoms with Gasteiger partial charge in [0.25, 0.3) is 5.69 Å². The van der Waals surface area contributed by atoms with E-state index in [0.717, 1.165) is 18.0 Å². The van der Waals surface area contributed by atoms with Crippen LogP contribution in [0.1, 0.15) is 26.3 Å². The van der Waals surface area contributed by atoms with Gasteiger partial charge in [0.15, 0.2) is 0 Å². The van der Waals surface area contributed by atoms with Gasteiger partial charge in [-0.1, -0.05) is 18.5 Å². The summed E-state index contributed by atoms with van der Waals surface area (Å²) >= 11 is 6.25. The Balaban J connectivity index is 1.96. The lowest BCUT2D eigenvalue weighted by atomic mass is 10.1. The van der Waals surface area contributed by atoms with Gasteiger partial charge in [-0.25, -0.2) is 0 Å². The summed E-state index contributed by atoms with van der Waals surface area (Å²) in [6.45, 7) is 6.93. The third kappa shape index (κ3) is 3.35. The number of hydrogen-bond donors (Lipinski definition) is 1. The second kappa shape index (κ2) is 6.80. The summed E-state index contributed by atoms with van der Waals surface area (Å²) in [6.07, 6.45) is 0.585. The molecule has 0 aliphatic carbocycles. The zero-order chi connectivity index (χ0) is 18.1. The van der Waals surface area contributed by atoms with E-state index in [4.69, 9.17) is 16.3 Å². The molecular weight excluding hydrogens is 342 g/mol. The molecular formula is C18H20ClN3O3. The highest BCUT2D eigenvalue weighted by Gasteiger charge is 2.22. The van der Waals surface area contributed by atoms with Crippen molar-refractivity contribution in [1.29, 1.82) is 0 Å². The monoisotopic (exact) mass is 361 g/mol. The molecule has 1 heterocycles. The van der Waals surface area contributed by atoms with Gasteiger partial charge < -0.3 is 15.0 Å². The van der Waals surface area contributed by atoms with Gasteiger partial charge in [0, 0.05) is 29.8 Å². The molecule has 1 aliphatic heterocycles. The third-order valence-corrected chi connectivity index (χ3v) is 4.54. The van der Waals surface area contributed by atoms with Gasteiger partial charge >= 0.3 is 0 Å². The molecule has 0 saturated heterocycles. The highest BCUT2D eigenvalue weighted by Crippen LogP contribution is 2.40. The summed E-state index contributed by atoms with van der Waals surface area (Å²) in [5, 5.41) is 14.6. The van der Waals surface area contributed by atoms with E-state index in [-0.39, 0.29) is 10.7 Å². The molecule has 2 aromatic carbocycles.